The molecule has 0 spiro atoms. The molecule has 2 aromatic carbocycles. The van der Waals surface area contributed by atoms with Gasteiger partial charge in [-0.05, 0) is 53.3 Å². The van der Waals surface area contributed by atoms with Gasteiger partial charge in [0.25, 0.3) is 0 Å². The number of nitrogens with two attached hydrogens (primary N) is 1. The number of nitrogens with one attached hydrogen (secondary N) is 1. The topological polar surface area (TPSA) is 179 Å². The summed E-state index contributed by atoms with van der Waals surface area (Å²) in [4.78, 5) is 54.7. The van der Waals surface area contributed by atoms with E-state index in [4.69, 9.17) is 27.4 Å². The monoisotopic (exact) mass is 881 g/mol. The molecule has 4 rings (SSSR count). The van der Waals surface area contributed by atoms with Crippen molar-refractivity contribution in [2.24, 2.45) is 17.6 Å². The molecule has 0 saturated heterocycles. The second-order valence-corrected chi connectivity index (χ2v) is 12.5. The minimum absolute atomic E-state index is 0. The summed E-state index contributed by atoms with van der Waals surface area (Å²) >= 11 is 0. The predicted molar refractivity (Wildman–Crippen MR) is 244 cm³/mol. The molecule has 2 atom stereocenters. The number of carbonyl (C=O) groups is 4. The Morgan fingerprint density at radius 1 is 0.733 bits per heavy atom. The first kappa shape index (κ1) is 56.8. The first-order valence-corrected chi connectivity index (χ1v) is 17.7. The fourth-order valence-corrected chi connectivity index (χ4v) is 4.55. The van der Waals surface area contributed by atoms with E-state index < -0.39 is 49.5 Å². The number of benzene rings is 2. The highest BCUT2D eigenvalue weighted by molar-refractivity contribution is 5.88. The SMILES string of the molecule is C.C.CC(C)[C@H](N)C(=O)OCOC(=O)/C=C/c1ccc(Cn2ccnc2)cc1.CN[C@H](C(=O)OCOC(=O)/C=C/c1ccc(Cn2ccnc2)cc1)C(C)C.Cl.Cl.[2H]CC.[3H]C. The fraction of sp³-hybridized carbons (Fsp3) is 0.409. The summed E-state index contributed by atoms with van der Waals surface area (Å²) < 4.78 is 35.4. The van der Waals surface area contributed by atoms with Gasteiger partial charge in [-0.2, -0.15) is 0 Å². The van der Waals surface area contributed by atoms with Crippen molar-refractivity contribution in [3.05, 3.63) is 120 Å². The molecule has 16 heteroatoms. The summed E-state index contributed by atoms with van der Waals surface area (Å²) in [5.41, 5.74) is 9.61. The van der Waals surface area contributed by atoms with E-state index >= 15 is 0 Å². The van der Waals surface area contributed by atoms with Gasteiger partial charge in [0.05, 0.1) is 12.7 Å². The molecule has 0 aliphatic rings. The highest BCUT2D eigenvalue weighted by Crippen LogP contribution is 2.10. The quantitative estimate of drug-likeness (QED) is 0.0594. The molecule has 0 amide bonds. The van der Waals surface area contributed by atoms with Crippen molar-refractivity contribution in [2.45, 2.75) is 88.9 Å². The summed E-state index contributed by atoms with van der Waals surface area (Å²) in [7, 11) is 2.93. The molecule has 14 nitrogen and oxygen atoms in total. The van der Waals surface area contributed by atoms with Gasteiger partial charge in [-0.3, -0.25) is 9.59 Å². The fourth-order valence-electron chi connectivity index (χ4n) is 4.55. The van der Waals surface area contributed by atoms with Crippen LogP contribution >= 0.6 is 24.8 Å². The van der Waals surface area contributed by atoms with Gasteiger partial charge in [0, 0.05) is 52.8 Å². The van der Waals surface area contributed by atoms with E-state index in [1.54, 1.807) is 65.0 Å². The molecule has 0 saturated carbocycles. The number of esters is 4. The Balaban J connectivity index is -0.000000464. The molecular weight excluding hydrogens is 811 g/mol. The zero-order valence-electron chi connectivity index (χ0n) is 36.2. The molecule has 2 heterocycles. The molecule has 3 N–H and O–H groups in total. The van der Waals surface area contributed by atoms with Crippen LogP contribution in [0.25, 0.3) is 12.2 Å². The molecule has 0 radical (unpaired) electrons. The molecule has 60 heavy (non-hydrogen) atoms. The Hall–Kier alpha value is -5.28. The average Bonchev–Trinajstić information content (AvgIpc) is 3.93. The lowest BCUT2D eigenvalue weighted by Crippen LogP contribution is -2.40. The minimum Gasteiger partial charge on any atom is -0.427 e. The van der Waals surface area contributed by atoms with Crippen molar-refractivity contribution in [1.29, 1.82) is 0 Å². The second-order valence-electron chi connectivity index (χ2n) is 12.5. The van der Waals surface area contributed by atoms with Crippen molar-refractivity contribution >= 4 is 60.8 Å². The molecule has 4 aromatic rings. The Morgan fingerprint density at radius 2 is 1.12 bits per heavy atom. The van der Waals surface area contributed by atoms with E-state index in [2.05, 4.69) is 15.3 Å². The standard InChI is InChI=1S/C20H25N3O4.C19H23N3O4.C2H6.3CH4.2ClH/c1-15(2)19(21-3)20(25)27-14-26-18(24)9-8-16-4-6-17(7-5-16)12-23-11-10-22-13-23;1-14(2)18(20)19(24)26-13-25-17(23)8-7-15-3-5-16(6-4-15)11-22-10-9-21-12-22;1-2;;;;;/h4-11,13,15,19,21H,12,14H2,1-3H3;3-10,12,14,18H,11,13,20H2,1-2H3;1-2H3;3*1H4;2*1H/b9-8+;8-7+;;;;;;/t19-;18-;;;;;;/m00....../s1/i;;1D;1T;;;;. The maximum absolute atomic E-state index is 11.8. The molecule has 0 aliphatic carbocycles. The Labute approximate surface area is 372 Å². The van der Waals surface area contributed by atoms with Crippen molar-refractivity contribution in [3.63, 3.8) is 0 Å². The van der Waals surface area contributed by atoms with E-state index in [1.807, 2.05) is 83.9 Å². The van der Waals surface area contributed by atoms with Gasteiger partial charge >= 0.3 is 23.9 Å². The zero-order chi connectivity index (χ0) is 43.3. The smallest absolute Gasteiger partial charge is 0.333 e. The van der Waals surface area contributed by atoms with Gasteiger partial charge in [0.2, 0.25) is 13.6 Å². The van der Waals surface area contributed by atoms with E-state index in [0.717, 1.165) is 35.3 Å². The number of imidazole rings is 2. The number of rotatable bonds is 17. The average molecular weight is 883 g/mol. The summed E-state index contributed by atoms with van der Waals surface area (Å²) in [5, 5.41) is 2.87. The zero-order valence-corrected chi connectivity index (χ0v) is 35.8. The van der Waals surface area contributed by atoms with E-state index in [-0.39, 0.29) is 51.5 Å². The van der Waals surface area contributed by atoms with Crippen LogP contribution in [0.2, 0.25) is 0 Å². The van der Waals surface area contributed by atoms with Crippen LogP contribution in [0.15, 0.2) is 98.1 Å². The van der Waals surface area contributed by atoms with Gasteiger partial charge in [0.15, 0.2) is 0 Å². The number of likely N-dealkylation sites (N-methyl/N-ethyl adjacent to an activating group) is 1. The van der Waals surface area contributed by atoms with Crippen LogP contribution in [0.4, 0.5) is 0 Å². The lowest BCUT2D eigenvalue weighted by Gasteiger charge is -2.18. The molecular formula is C44H68Cl2N6O8. The van der Waals surface area contributed by atoms with Gasteiger partial charge in [0.1, 0.15) is 12.1 Å². The van der Waals surface area contributed by atoms with Gasteiger partial charge in [-0.25, -0.2) is 19.6 Å². The van der Waals surface area contributed by atoms with Crippen LogP contribution < -0.4 is 11.1 Å². The number of nitrogens with zero attached hydrogens (tertiary/aromatic N) is 4. The van der Waals surface area contributed by atoms with Crippen LogP contribution in [0.5, 0.6) is 0 Å². The van der Waals surface area contributed by atoms with Crippen LogP contribution in [-0.2, 0) is 51.2 Å². The maximum Gasteiger partial charge on any atom is 0.333 e. The van der Waals surface area contributed by atoms with Crippen LogP contribution in [-0.4, -0.2) is 75.7 Å². The largest absolute Gasteiger partial charge is 0.427 e. The minimum atomic E-state index is -0.731. The Kier molecular flexibility index (Phi) is 32.7. The van der Waals surface area contributed by atoms with Crippen molar-refractivity contribution in [3.8, 4) is 0 Å². The van der Waals surface area contributed by atoms with E-state index in [1.165, 1.54) is 19.6 Å². The lowest BCUT2D eigenvalue weighted by molar-refractivity contribution is -0.167. The summed E-state index contributed by atoms with van der Waals surface area (Å²) in [6.07, 6.45) is 16.6. The predicted octanol–water partition coefficient (Wildman–Crippen LogP) is 7.98. The number of hydrogen-bond acceptors (Lipinski definition) is 12. The number of carbonyl (C=O) groups excluding carboxylic acids is 4. The van der Waals surface area contributed by atoms with Crippen molar-refractivity contribution in [2.75, 3.05) is 20.6 Å². The van der Waals surface area contributed by atoms with E-state index in [0.29, 0.717) is 6.90 Å². The number of halogens is 2. The summed E-state index contributed by atoms with van der Waals surface area (Å²) in [5.74, 6) is -2.18. The highest BCUT2D eigenvalue weighted by Gasteiger charge is 2.22. The summed E-state index contributed by atoms with van der Waals surface area (Å²) in [6.45, 7) is 10.3. The number of ether oxygens (including phenoxy) is 4. The maximum atomic E-state index is 11.8. The lowest BCUT2D eigenvalue weighted by atomic mass is 10.1. The van der Waals surface area contributed by atoms with Crippen LogP contribution in [0.3, 0.4) is 0 Å². The first-order valence-electron chi connectivity index (χ1n) is 19.4. The molecule has 0 bridgehead atoms. The molecule has 336 valence electrons. The molecule has 0 unspecified atom stereocenters. The van der Waals surface area contributed by atoms with Gasteiger partial charge < -0.3 is 39.1 Å². The van der Waals surface area contributed by atoms with Crippen molar-refractivity contribution in [1.82, 2.24) is 24.4 Å². The van der Waals surface area contributed by atoms with Crippen molar-refractivity contribution < 1.29 is 40.9 Å². The first-order chi connectivity index (χ1) is 27.9. The van der Waals surface area contributed by atoms with Crippen LogP contribution in [0, 0.1) is 11.8 Å². The van der Waals surface area contributed by atoms with E-state index in [9.17, 15) is 19.2 Å². The number of aromatic nitrogens is 4. The third-order valence-electron chi connectivity index (χ3n) is 7.66. The van der Waals surface area contributed by atoms with Gasteiger partial charge in [-0.15, -0.1) is 24.8 Å². The number of hydrogen-bond donors (Lipinski definition) is 2. The molecule has 2 aromatic heterocycles. The molecule has 0 aliphatic heterocycles. The third kappa shape index (κ3) is 24.0. The normalized spacial score (nSPS) is 11.3. The van der Waals surface area contributed by atoms with Crippen LogP contribution in [0.1, 0.15) is 88.8 Å². The van der Waals surface area contributed by atoms with Gasteiger partial charge in [-0.1, -0.05) is 112 Å². The molecule has 0 fully saturated rings. The Morgan fingerprint density at radius 3 is 1.43 bits per heavy atom. The highest BCUT2D eigenvalue weighted by atomic mass is 35.5. The third-order valence-corrected chi connectivity index (χ3v) is 7.66. The Bertz CT molecular complexity index is 1790. The second kappa shape index (κ2) is 34.6. The summed E-state index contributed by atoms with van der Waals surface area (Å²) in [6, 6.07) is 14.4.